The van der Waals surface area contributed by atoms with Crippen molar-refractivity contribution in [3.63, 3.8) is 0 Å². The number of carbonyl (C=O) groups is 1. The summed E-state index contributed by atoms with van der Waals surface area (Å²) >= 11 is 0. The Kier molecular flexibility index (Phi) is 3.47. The van der Waals surface area contributed by atoms with Crippen LogP contribution in [0.1, 0.15) is 49.5 Å². The van der Waals surface area contributed by atoms with Gasteiger partial charge in [0.1, 0.15) is 5.39 Å². The quantitative estimate of drug-likeness (QED) is 0.734. The number of anilines is 2. The Balaban J connectivity index is 1.52. The topological polar surface area (TPSA) is 83.0 Å². The van der Waals surface area contributed by atoms with Gasteiger partial charge in [0.05, 0.1) is 11.6 Å². The van der Waals surface area contributed by atoms with Crippen molar-refractivity contribution in [3.05, 3.63) is 58.0 Å². The fraction of sp³-hybridized carbons (Fsp3) is 0.333. The highest BCUT2D eigenvalue weighted by molar-refractivity contribution is 5.99. The molecule has 3 heterocycles. The van der Waals surface area contributed by atoms with Crippen LogP contribution in [0.4, 0.5) is 11.5 Å². The highest BCUT2D eigenvalue weighted by Crippen LogP contribution is 2.37. The van der Waals surface area contributed by atoms with E-state index in [0.29, 0.717) is 17.7 Å². The van der Waals surface area contributed by atoms with Crippen LogP contribution in [0.3, 0.4) is 0 Å². The first-order chi connectivity index (χ1) is 13.3. The van der Waals surface area contributed by atoms with Gasteiger partial charge in [0.15, 0.2) is 5.82 Å². The highest BCUT2D eigenvalue weighted by atomic mass is 16.2. The van der Waals surface area contributed by atoms with Crippen molar-refractivity contribution in [1.82, 2.24) is 19.7 Å². The van der Waals surface area contributed by atoms with Gasteiger partial charge in [-0.15, -0.1) is 0 Å². The molecule has 1 aromatic carbocycles. The van der Waals surface area contributed by atoms with E-state index in [1.165, 1.54) is 6.04 Å². The summed E-state index contributed by atoms with van der Waals surface area (Å²) in [6.45, 7) is 6.70. The number of hydrogen-bond donors (Lipinski definition) is 2. The zero-order valence-electron chi connectivity index (χ0n) is 16.2. The number of hydrogen-bond acceptors (Lipinski definition) is 4. The minimum absolute atomic E-state index is 0.0605. The van der Waals surface area contributed by atoms with Crippen LogP contribution in [0.15, 0.2) is 35.3 Å². The monoisotopic (exact) mass is 376 g/mol. The summed E-state index contributed by atoms with van der Waals surface area (Å²) in [5.74, 6) is 0.596. The number of carbonyl (C=O) groups excluding carboxylic acids is 1. The first-order valence-corrected chi connectivity index (χ1v) is 9.50. The van der Waals surface area contributed by atoms with Crippen molar-refractivity contribution < 1.29 is 4.79 Å². The number of H-pyrrole nitrogens is 1. The van der Waals surface area contributed by atoms with Crippen LogP contribution in [0.5, 0.6) is 0 Å². The van der Waals surface area contributed by atoms with E-state index in [-0.39, 0.29) is 17.0 Å². The van der Waals surface area contributed by atoms with E-state index in [2.05, 4.69) is 15.4 Å². The van der Waals surface area contributed by atoms with Crippen molar-refractivity contribution in [2.75, 3.05) is 5.32 Å². The van der Waals surface area contributed by atoms with Gasteiger partial charge < -0.3 is 15.2 Å². The molecule has 28 heavy (non-hydrogen) atoms. The van der Waals surface area contributed by atoms with Gasteiger partial charge >= 0.3 is 0 Å². The lowest BCUT2D eigenvalue weighted by molar-refractivity contribution is 0.0609. The molecule has 1 radical (unpaired) electrons. The lowest BCUT2D eigenvalue weighted by Gasteiger charge is -2.31. The van der Waals surface area contributed by atoms with Gasteiger partial charge in [0, 0.05) is 29.5 Å². The molecule has 0 unspecified atom stereocenters. The van der Waals surface area contributed by atoms with E-state index in [9.17, 15) is 9.59 Å². The Hall–Kier alpha value is -3.09. The Bertz CT molecular complexity index is 1160. The highest BCUT2D eigenvalue weighted by Gasteiger charge is 2.35. The van der Waals surface area contributed by atoms with Crippen molar-refractivity contribution in [2.24, 2.45) is 0 Å². The van der Waals surface area contributed by atoms with E-state index in [4.69, 9.17) is 0 Å². The standard InChI is InChI=1S/C21H22N5O2/c1-21(2,3)25-11-12-10-13(4-7-15(12)20(25)28)23-18-17-16(8-9-22-19(17)27)26(24-18)14-5-6-14/h4,7-10H,5-6,11H2,1-3H3,(H,22,27)(H,23,24). The Morgan fingerprint density at radius 1 is 1.14 bits per heavy atom. The fourth-order valence-corrected chi connectivity index (χ4v) is 3.75. The van der Waals surface area contributed by atoms with Crippen LogP contribution in [-0.2, 0) is 6.54 Å². The second kappa shape index (κ2) is 5.70. The van der Waals surface area contributed by atoms with Gasteiger partial charge in [-0.1, -0.05) is 0 Å². The molecule has 7 nitrogen and oxygen atoms in total. The zero-order valence-corrected chi connectivity index (χ0v) is 16.2. The van der Waals surface area contributed by atoms with E-state index in [0.717, 1.165) is 35.2 Å². The molecule has 2 N–H and O–H groups in total. The van der Waals surface area contributed by atoms with Gasteiger partial charge in [-0.25, -0.2) is 0 Å². The van der Waals surface area contributed by atoms with Gasteiger partial charge in [-0.3, -0.25) is 14.3 Å². The third-order valence-corrected chi connectivity index (χ3v) is 5.36. The SMILES string of the molecule is CC(C)(C)N1Cc2cc(Nc3nn([C]4CC4)c4cc[nH]c(=O)c34)ccc2C1=O. The predicted molar refractivity (Wildman–Crippen MR) is 108 cm³/mol. The largest absolute Gasteiger partial charge is 0.338 e. The number of nitrogens with one attached hydrogen (secondary N) is 2. The fourth-order valence-electron chi connectivity index (χ4n) is 3.75. The summed E-state index contributed by atoms with van der Waals surface area (Å²) in [5, 5.41) is 8.49. The van der Waals surface area contributed by atoms with Crippen molar-refractivity contribution in [2.45, 2.75) is 45.7 Å². The van der Waals surface area contributed by atoms with Gasteiger partial charge in [0.25, 0.3) is 11.5 Å². The van der Waals surface area contributed by atoms with E-state index >= 15 is 0 Å². The molecule has 143 valence electrons. The number of pyridine rings is 1. The normalized spacial score (nSPS) is 16.7. The number of aromatic amines is 1. The lowest BCUT2D eigenvalue weighted by Crippen LogP contribution is -2.41. The first kappa shape index (κ1) is 17.0. The number of nitrogens with zero attached hydrogens (tertiary/aromatic N) is 3. The van der Waals surface area contributed by atoms with E-state index in [1.807, 2.05) is 54.6 Å². The molecular weight excluding hydrogens is 354 g/mol. The third kappa shape index (κ3) is 2.61. The van der Waals surface area contributed by atoms with E-state index in [1.54, 1.807) is 6.20 Å². The Morgan fingerprint density at radius 3 is 2.64 bits per heavy atom. The van der Waals surface area contributed by atoms with Crippen molar-refractivity contribution in [3.8, 4) is 0 Å². The molecule has 1 amide bonds. The average Bonchev–Trinajstić information content (AvgIpc) is 3.33. The third-order valence-electron chi connectivity index (χ3n) is 5.36. The van der Waals surface area contributed by atoms with E-state index < -0.39 is 0 Å². The second-order valence-electron chi connectivity index (χ2n) is 8.45. The number of amides is 1. The van der Waals surface area contributed by atoms with Crippen LogP contribution >= 0.6 is 0 Å². The molecule has 1 aliphatic heterocycles. The van der Waals surface area contributed by atoms with Crippen LogP contribution in [0.2, 0.25) is 0 Å². The maximum absolute atomic E-state index is 12.7. The molecule has 1 aliphatic carbocycles. The second-order valence-corrected chi connectivity index (χ2v) is 8.45. The maximum atomic E-state index is 12.7. The van der Waals surface area contributed by atoms with Gasteiger partial charge in [0.2, 0.25) is 0 Å². The van der Waals surface area contributed by atoms with Crippen LogP contribution in [0.25, 0.3) is 10.9 Å². The minimum Gasteiger partial charge on any atom is -0.338 e. The molecule has 5 rings (SSSR count). The van der Waals surface area contributed by atoms with Gasteiger partial charge in [-0.2, -0.15) is 5.10 Å². The number of benzene rings is 1. The summed E-state index contributed by atoms with van der Waals surface area (Å²) in [4.78, 5) is 29.7. The number of rotatable bonds is 3. The van der Waals surface area contributed by atoms with Crippen LogP contribution in [0, 0.1) is 6.04 Å². The minimum atomic E-state index is -0.229. The molecule has 1 saturated carbocycles. The summed E-state index contributed by atoms with van der Waals surface area (Å²) in [6, 6.07) is 8.79. The molecule has 1 fully saturated rings. The number of fused-ring (bicyclic) bond motifs is 2. The lowest BCUT2D eigenvalue weighted by atomic mass is 10.1. The predicted octanol–water partition coefficient (Wildman–Crippen LogP) is 3.40. The summed E-state index contributed by atoms with van der Waals surface area (Å²) < 4.78 is 1.87. The zero-order chi connectivity index (χ0) is 19.6. The van der Waals surface area contributed by atoms with Crippen molar-refractivity contribution >= 4 is 28.3 Å². The molecule has 0 saturated heterocycles. The molecular formula is C21H22N5O2. The molecule has 3 aromatic rings. The Labute approximate surface area is 162 Å². The summed E-state index contributed by atoms with van der Waals surface area (Å²) in [6.07, 6.45) is 3.66. The molecule has 0 atom stereocenters. The van der Waals surface area contributed by atoms with Crippen molar-refractivity contribution in [1.29, 1.82) is 0 Å². The van der Waals surface area contributed by atoms with Gasteiger partial charge in [-0.05, 0) is 63.4 Å². The maximum Gasteiger partial charge on any atom is 0.261 e. The molecule has 2 aliphatic rings. The average molecular weight is 376 g/mol. The molecule has 2 aromatic heterocycles. The summed E-state index contributed by atoms with van der Waals surface area (Å²) in [5.41, 5.74) is 2.96. The Morgan fingerprint density at radius 2 is 1.93 bits per heavy atom. The molecule has 7 heteroatoms. The number of aromatic nitrogens is 3. The van der Waals surface area contributed by atoms with Crippen LogP contribution < -0.4 is 10.9 Å². The summed E-state index contributed by atoms with van der Waals surface area (Å²) in [7, 11) is 0. The van der Waals surface area contributed by atoms with Crippen LogP contribution in [-0.4, -0.2) is 31.1 Å². The molecule has 0 spiro atoms. The first-order valence-electron chi connectivity index (χ1n) is 9.50. The smallest absolute Gasteiger partial charge is 0.261 e. The molecule has 0 bridgehead atoms.